The van der Waals surface area contributed by atoms with Gasteiger partial charge in [-0.05, 0) is 44.6 Å². The second-order valence-electron chi connectivity index (χ2n) is 5.71. The standard InChI is InChI=1S/C18H23BrN2O5/c1-2-5-26-18(25)17-16(19)15(14(6-20)21-17)11-4-3-10(7-22)12(8-23)13(11)9-24/h3-4,21-24H,2,5-9,20H2,1H3. The van der Waals surface area contributed by atoms with Crippen LogP contribution in [0.15, 0.2) is 16.6 Å². The molecule has 0 bridgehead atoms. The Morgan fingerprint density at radius 3 is 2.42 bits per heavy atom. The Kier molecular flexibility index (Phi) is 7.36. The summed E-state index contributed by atoms with van der Waals surface area (Å²) < 4.78 is 5.66. The smallest absolute Gasteiger partial charge is 0.355 e. The molecular weight excluding hydrogens is 404 g/mol. The van der Waals surface area contributed by atoms with Crippen molar-refractivity contribution in [3.63, 3.8) is 0 Å². The Morgan fingerprint density at radius 2 is 1.88 bits per heavy atom. The zero-order chi connectivity index (χ0) is 19.3. The number of aliphatic hydroxyl groups is 3. The molecule has 1 aromatic carbocycles. The van der Waals surface area contributed by atoms with E-state index in [9.17, 15) is 20.1 Å². The minimum Gasteiger partial charge on any atom is -0.461 e. The first-order valence-electron chi connectivity index (χ1n) is 8.27. The number of H-pyrrole nitrogens is 1. The van der Waals surface area contributed by atoms with Gasteiger partial charge in [0.15, 0.2) is 0 Å². The van der Waals surface area contributed by atoms with Crippen molar-refractivity contribution >= 4 is 21.9 Å². The highest BCUT2D eigenvalue weighted by atomic mass is 79.9. The lowest BCUT2D eigenvalue weighted by molar-refractivity contribution is 0.0497. The normalized spacial score (nSPS) is 11.0. The van der Waals surface area contributed by atoms with E-state index in [1.54, 1.807) is 12.1 Å². The number of nitrogens with two attached hydrogens (primary N) is 1. The molecule has 0 fully saturated rings. The summed E-state index contributed by atoms with van der Waals surface area (Å²) in [6.45, 7) is 1.42. The van der Waals surface area contributed by atoms with Crippen LogP contribution in [0.5, 0.6) is 0 Å². The Morgan fingerprint density at radius 1 is 1.19 bits per heavy atom. The molecule has 0 radical (unpaired) electrons. The number of halogens is 1. The molecule has 0 spiro atoms. The summed E-state index contributed by atoms with van der Waals surface area (Å²) >= 11 is 3.44. The number of hydrogen-bond acceptors (Lipinski definition) is 6. The maximum absolute atomic E-state index is 12.3. The number of carbonyl (C=O) groups excluding carboxylic acids is 1. The Labute approximate surface area is 159 Å². The predicted molar refractivity (Wildman–Crippen MR) is 100 cm³/mol. The van der Waals surface area contributed by atoms with Crippen LogP contribution in [0, 0.1) is 0 Å². The fourth-order valence-electron chi connectivity index (χ4n) is 2.87. The number of benzene rings is 1. The molecular formula is C18H23BrN2O5. The summed E-state index contributed by atoms with van der Waals surface area (Å²) in [5.74, 6) is -0.500. The maximum atomic E-state index is 12.3. The zero-order valence-corrected chi connectivity index (χ0v) is 16.1. The van der Waals surface area contributed by atoms with Gasteiger partial charge in [-0.25, -0.2) is 4.79 Å². The van der Waals surface area contributed by atoms with Crippen molar-refractivity contribution in [1.82, 2.24) is 4.98 Å². The second-order valence-corrected chi connectivity index (χ2v) is 6.50. The molecule has 142 valence electrons. The van der Waals surface area contributed by atoms with E-state index in [0.717, 1.165) is 0 Å². The van der Waals surface area contributed by atoms with E-state index in [2.05, 4.69) is 20.9 Å². The predicted octanol–water partition coefficient (Wildman–Crippen LogP) is 1.95. The van der Waals surface area contributed by atoms with Crippen LogP contribution in [0.4, 0.5) is 0 Å². The monoisotopic (exact) mass is 426 g/mol. The van der Waals surface area contributed by atoms with Crippen molar-refractivity contribution in [3.05, 3.63) is 44.7 Å². The Balaban J connectivity index is 2.65. The largest absolute Gasteiger partial charge is 0.461 e. The highest BCUT2D eigenvalue weighted by Crippen LogP contribution is 2.38. The van der Waals surface area contributed by atoms with E-state index >= 15 is 0 Å². The molecule has 7 nitrogen and oxygen atoms in total. The topological polar surface area (TPSA) is 129 Å². The summed E-state index contributed by atoms with van der Waals surface area (Å²) in [5.41, 5.74) is 9.37. The minimum absolute atomic E-state index is 0.135. The molecule has 26 heavy (non-hydrogen) atoms. The van der Waals surface area contributed by atoms with Gasteiger partial charge in [0.1, 0.15) is 5.69 Å². The molecule has 0 saturated heterocycles. The quantitative estimate of drug-likeness (QED) is 0.410. The number of aromatic amines is 1. The van der Waals surface area contributed by atoms with E-state index in [-0.39, 0.29) is 32.1 Å². The molecule has 0 aliphatic heterocycles. The van der Waals surface area contributed by atoms with Crippen LogP contribution in [0.25, 0.3) is 11.1 Å². The summed E-state index contributed by atoms with van der Waals surface area (Å²) in [7, 11) is 0. The lowest BCUT2D eigenvalue weighted by Crippen LogP contribution is -2.07. The number of rotatable bonds is 8. The van der Waals surface area contributed by atoms with Crippen molar-refractivity contribution in [2.24, 2.45) is 5.73 Å². The van der Waals surface area contributed by atoms with Crippen molar-refractivity contribution in [2.75, 3.05) is 6.61 Å². The lowest BCUT2D eigenvalue weighted by Gasteiger charge is -2.16. The molecule has 0 aliphatic carbocycles. The van der Waals surface area contributed by atoms with Crippen LogP contribution in [0.3, 0.4) is 0 Å². The second kappa shape index (κ2) is 9.29. The number of ether oxygens (including phenoxy) is 1. The van der Waals surface area contributed by atoms with Gasteiger partial charge in [0.25, 0.3) is 0 Å². The van der Waals surface area contributed by atoms with E-state index in [1.807, 2.05) is 6.92 Å². The van der Waals surface area contributed by atoms with E-state index < -0.39 is 5.97 Å². The molecule has 8 heteroatoms. The first kappa shape index (κ1) is 20.6. The Hall–Kier alpha value is -1.71. The van der Waals surface area contributed by atoms with Gasteiger partial charge in [-0.2, -0.15) is 0 Å². The van der Waals surface area contributed by atoms with Gasteiger partial charge >= 0.3 is 5.97 Å². The molecule has 0 amide bonds. The highest BCUT2D eigenvalue weighted by Gasteiger charge is 2.24. The number of esters is 1. The fourth-order valence-corrected chi connectivity index (χ4v) is 3.58. The number of aliphatic hydroxyl groups excluding tert-OH is 3. The van der Waals surface area contributed by atoms with Gasteiger partial charge in [0, 0.05) is 17.8 Å². The minimum atomic E-state index is -0.500. The van der Waals surface area contributed by atoms with Crippen LogP contribution < -0.4 is 5.73 Å². The molecule has 0 aliphatic rings. The average molecular weight is 427 g/mol. The third-order valence-electron chi connectivity index (χ3n) is 4.15. The summed E-state index contributed by atoms with van der Waals surface area (Å²) in [6.07, 6.45) is 0.706. The molecule has 0 unspecified atom stereocenters. The van der Waals surface area contributed by atoms with Crippen molar-refractivity contribution in [3.8, 4) is 11.1 Å². The Bertz CT molecular complexity index is 788. The van der Waals surface area contributed by atoms with E-state index in [0.29, 0.717) is 51.0 Å². The van der Waals surface area contributed by atoms with Crippen LogP contribution in [0.2, 0.25) is 0 Å². The molecule has 6 N–H and O–H groups in total. The van der Waals surface area contributed by atoms with Gasteiger partial charge in [0.05, 0.1) is 30.9 Å². The average Bonchev–Trinajstić information content (AvgIpc) is 3.00. The van der Waals surface area contributed by atoms with Crippen LogP contribution in [0.1, 0.15) is 46.2 Å². The molecule has 2 rings (SSSR count). The lowest BCUT2D eigenvalue weighted by atomic mass is 9.92. The highest BCUT2D eigenvalue weighted by molar-refractivity contribution is 9.10. The number of carbonyl (C=O) groups is 1. The van der Waals surface area contributed by atoms with Gasteiger partial charge in [-0.1, -0.05) is 19.1 Å². The van der Waals surface area contributed by atoms with Gasteiger partial charge in [0.2, 0.25) is 0 Å². The molecule has 1 heterocycles. The number of aromatic nitrogens is 1. The summed E-state index contributed by atoms with van der Waals surface area (Å²) in [5, 5.41) is 29.0. The third kappa shape index (κ3) is 3.84. The van der Waals surface area contributed by atoms with Crippen molar-refractivity contribution < 1.29 is 24.9 Å². The molecule has 0 atom stereocenters. The third-order valence-corrected chi connectivity index (χ3v) is 4.94. The molecule has 0 saturated carbocycles. The summed E-state index contributed by atoms with van der Waals surface area (Å²) in [4.78, 5) is 15.3. The van der Waals surface area contributed by atoms with Gasteiger partial charge < -0.3 is 30.8 Å². The van der Waals surface area contributed by atoms with Gasteiger partial charge in [-0.3, -0.25) is 0 Å². The molecule has 2 aromatic rings. The van der Waals surface area contributed by atoms with Crippen LogP contribution >= 0.6 is 15.9 Å². The first-order chi connectivity index (χ1) is 12.5. The first-order valence-corrected chi connectivity index (χ1v) is 9.07. The zero-order valence-electron chi connectivity index (χ0n) is 14.5. The fraction of sp³-hybridized carbons (Fsp3) is 0.389. The van der Waals surface area contributed by atoms with Crippen LogP contribution in [-0.4, -0.2) is 32.9 Å². The van der Waals surface area contributed by atoms with E-state index in [1.165, 1.54) is 0 Å². The molecule has 1 aromatic heterocycles. The van der Waals surface area contributed by atoms with Gasteiger partial charge in [-0.15, -0.1) is 0 Å². The SMILES string of the molecule is CCCOC(=O)c1[nH]c(CN)c(-c2ccc(CO)c(CO)c2CO)c1Br. The summed E-state index contributed by atoms with van der Waals surface area (Å²) in [6, 6.07) is 3.40. The number of nitrogens with one attached hydrogen (secondary N) is 1. The van der Waals surface area contributed by atoms with Crippen molar-refractivity contribution in [1.29, 1.82) is 0 Å². The van der Waals surface area contributed by atoms with E-state index in [4.69, 9.17) is 10.5 Å². The number of hydrogen-bond donors (Lipinski definition) is 5. The maximum Gasteiger partial charge on any atom is 0.355 e. The van der Waals surface area contributed by atoms with Crippen molar-refractivity contribution in [2.45, 2.75) is 39.7 Å². The van der Waals surface area contributed by atoms with Crippen LogP contribution in [-0.2, 0) is 31.1 Å².